The number of unbranched alkanes of at least 4 members (excludes halogenated alkanes) is 1. The highest BCUT2D eigenvalue weighted by molar-refractivity contribution is 14.0. The molecule has 0 saturated carbocycles. The Morgan fingerprint density at radius 2 is 1.93 bits per heavy atom. The summed E-state index contributed by atoms with van der Waals surface area (Å²) in [6.07, 6.45) is 3.52. The molecule has 1 aromatic heterocycles. The Balaban J connectivity index is 0.00000300. The van der Waals surface area contributed by atoms with Crippen molar-refractivity contribution in [3.8, 4) is 5.75 Å². The zero-order chi connectivity index (χ0) is 19.6. The van der Waals surface area contributed by atoms with Gasteiger partial charge in [0.15, 0.2) is 5.96 Å². The van der Waals surface area contributed by atoms with Crippen molar-refractivity contribution < 1.29 is 13.7 Å². The third-order valence-electron chi connectivity index (χ3n) is 4.70. The lowest BCUT2D eigenvalue weighted by Crippen LogP contribution is -2.52. The molecule has 0 radical (unpaired) electrons. The highest BCUT2D eigenvalue weighted by Crippen LogP contribution is 2.11. The van der Waals surface area contributed by atoms with Crippen molar-refractivity contribution >= 4 is 29.9 Å². The van der Waals surface area contributed by atoms with Gasteiger partial charge >= 0.3 is 0 Å². The summed E-state index contributed by atoms with van der Waals surface area (Å²) in [6, 6.07) is 8.03. The van der Waals surface area contributed by atoms with Crippen LogP contribution in [0.4, 0.5) is 4.39 Å². The number of hydrogen-bond donors (Lipinski definition) is 1. The Bertz CT molecular complexity index is 719. The molecule has 0 unspecified atom stereocenters. The second-order valence-electron chi connectivity index (χ2n) is 6.74. The first-order valence-corrected chi connectivity index (χ1v) is 9.70. The molecule has 0 amide bonds. The second kappa shape index (κ2) is 12.6. The number of aliphatic imine (C=N–C) groups is 1. The fourth-order valence-corrected chi connectivity index (χ4v) is 3.15. The number of nitrogens with one attached hydrogen (secondary N) is 1. The summed E-state index contributed by atoms with van der Waals surface area (Å²) in [4.78, 5) is 9.06. The Kier molecular flexibility index (Phi) is 10.2. The maximum absolute atomic E-state index is 12.9. The molecular formula is C20H29FIN5O2. The Morgan fingerprint density at radius 3 is 2.59 bits per heavy atom. The maximum Gasteiger partial charge on any atom is 0.193 e. The van der Waals surface area contributed by atoms with Crippen molar-refractivity contribution in [1.29, 1.82) is 0 Å². The molecule has 0 spiro atoms. The minimum absolute atomic E-state index is 0. The van der Waals surface area contributed by atoms with Crippen LogP contribution in [0.1, 0.15) is 18.5 Å². The number of rotatable bonds is 8. The van der Waals surface area contributed by atoms with Crippen LogP contribution in [0.25, 0.3) is 0 Å². The molecule has 0 atom stereocenters. The van der Waals surface area contributed by atoms with Gasteiger partial charge in [-0.25, -0.2) is 4.39 Å². The van der Waals surface area contributed by atoms with Crippen LogP contribution in [0.3, 0.4) is 0 Å². The Morgan fingerprint density at radius 1 is 1.17 bits per heavy atom. The van der Waals surface area contributed by atoms with Crippen LogP contribution in [0, 0.1) is 5.82 Å². The van der Waals surface area contributed by atoms with E-state index in [2.05, 4.69) is 25.3 Å². The van der Waals surface area contributed by atoms with Crippen LogP contribution in [0.2, 0.25) is 0 Å². The fraction of sp³-hybridized carbons (Fsp3) is 0.500. The molecule has 1 aliphatic heterocycles. The van der Waals surface area contributed by atoms with E-state index in [1.54, 1.807) is 18.4 Å². The van der Waals surface area contributed by atoms with Gasteiger partial charge in [-0.15, -0.1) is 24.0 Å². The van der Waals surface area contributed by atoms with Gasteiger partial charge in [0.1, 0.15) is 17.8 Å². The molecule has 0 aliphatic carbocycles. The lowest BCUT2D eigenvalue weighted by atomic mass is 10.3. The summed E-state index contributed by atoms with van der Waals surface area (Å²) in [5, 5.41) is 7.41. The van der Waals surface area contributed by atoms with Crippen LogP contribution in [0.5, 0.6) is 5.75 Å². The number of nitrogens with zero attached hydrogens (tertiary/aromatic N) is 4. The summed E-state index contributed by atoms with van der Waals surface area (Å²) in [6.45, 7) is 6.10. The normalized spacial score (nSPS) is 15.1. The van der Waals surface area contributed by atoms with E-state index in [-0.39, 0.29) is 29.8 Å². The predicted octanol–water partition coefficient (Wildman–Crippen LogP) is 2.98. The van der Waals surface area contributed by atoms with E-state index in [0.29, 0.717) is 12.4 Å². The van der Waals surface area contributed by atoms with E-state index < -0.39 is 0 Å². The maximum atomic E-state index is 12.9. The minimum Gasteiger partial charge on any atom is -0.494 e. The van der Waals surface area contributed by atoms with Gasteiger partial charge in [-0.1, -0.05) is 5.16 Å². The van der Waals surface area contributed by atoms with E-state index in [0.717, 1.165) is 63.8 Å². The molecule has 3 rings (SSSR count). The highest BCUT2D eigenvalue weighted by atomic mass is 127. The van der Waals surface area contributed by atoms with E-state index >= 15 is 0 Å². The molecule has 1 saturated heterocycles. The van der Waals surface area contributed by atoms with E-state index in [1.165, 1.54) is 12.1 Å². The zero-order valence-corrected chi connectivity index (χ0v) is 19.0. The van der Waals surface area contributed by atoms with E-state index in [4.69, 9.17) is 9.26 Å². The predicted molar refractivity (Wildman–Crippen MR) is 121 cm³/mol. The number of piperazine rings is 1. The number of aromatic nitrogens is 1. The third kappa shape index (κ3) is 7.81. The topological polar surface area (TPSA) is 66.1 Å². The average Bonchev–Trinajstić information content (AvgIpc) is 3.23. The molecule has 0 bridgehead atoms. The zero-order valence-electron chi connectivity index (χ0n) is 16.7. The molecule has 160 valence electrons. The van der Waals surface area contributed by atoms with Crippen molar-refractivity contribution in [2.24, 2.45) is 4.99 Å². The molecule has 1 aromatic carbocycles. The van der Waals surface area contributed by atoms with Gasteiger partial charge in [0.25, 0.3) is 0 Å². The summed E-state index contributed by atoms with van der Waals surface area (Å²) in [5.74, 6) is 1.40. The van der Waals surface area contributed by atoms with Gasteiger partial charge in [0, 0.05) is 52.4 Å². The molecule has 9 heteroatoms. The number of guanidine groups is 1. The van der Waals surface area contributed by atoms with Crippen LogP contribution >= 0.6 is 24.0 Å². The lowest BCUT2D eigenvalue weighted by Gasteiger charge is -2.36. The first-order chi connectivity index (χ1) is 13.7. The molecule has 7 nitrogen and oxygen atoms in total. The van der Waals surface area contributed by atoms with Crippen molar-refractivity contribution in [1.82, 2.24) is 20.3 Å². The Hall–Kier alpha value is -1.88. The van der Waals surface area contributed by atoms with Gasteiger partial charge in [-0.2, -0.15) is 0 Å². The summed E-state index contributed by atoms with van der Waals surface area (Å²) in [5.41, 5.74) is 0.971. The summed E-state index contributed by atoms with van der Waals surface area (Å²) >= 11 is 0. The molecule has 2 aromatic rings. The van der Waals surface area contributed by atoms with Gasteiger partial charge in [0.2, 0.25) is 0 Å². The van der Waals surface area contributed by atoms with Crippen LogP contribution in [-0.2, 0) is 6.54 Å². The first kappa shape index (κ1) is 23.4. The number of ether oxygens (including phenoxy) is 1. The number of halogens is 2. The highest BCUT2D eigenvalue weighted by Gasteiger charge is 2.20. The smallest absolute Gasteiger partial charge is 0.193 e. The second-order valence-corrected chi connectivity index (χ2v) is 6.74. The standard InChI is InChI=1S/C20H28FN5O2.HI/c1-22-20(23-9-2-3-14-27-19-6-4-17(21)5-7-19)26-12-10-25(11-13-26)16-18-8-15-28-24-18;/h4-8,15H,2-3,9-14,16H2,1H3,(H,22,23);1H. The fourth-order valence-electron chi connectivity index (χ4n) is 3.15. The number of benzene rings is 1. The van der Waals surface area contributed by atoms with Crippen molar-refractivity contribution in [2.45, 2.75) is 19.4 Å². The van der Waals surface area contributed by atoms with Crippen LogP contribution < -0.4 is 10.1 Å². The molecule has 1 N–H and O–H groups in total. The summed E-state index contributed by atoms with van der Waals surface area (Å²) in [7, 11) is 1.82. The van der Waals surface area contributed by atoms with Gasteiger partial charge in [-0.05, 0) is 37.1 Å². The van der Waals surface area contributed by atoms with Crippen LogP contribution in [-0.4, -0.2) is 67.3 Å². The minimum atomic E-state index is -0.248. The monoisotopic (exact) mass is 517 g/mol. The quantitative estimate of drug-likeness (QED) is 0.252. The molecule has 2 heterocycles. The van der Waals surface area contributed by atoms with Gasteiger partial charge in [-0.3, -0.25) is 9.89 Å². The largest absolute Gasteiger partial charge is 0.494 e. The number of hydrogen-bond acceptors (Lipinski definition) is 5. The van der Waals surface area contributed by atoms with Crippen molar-refractivity contribution in [2.75, 3.05) is 46.4 Å². The summed E-state index contributed by atoms with van der Waals surface area (Å²) < 4.78 is 23.4. The van der Waals surface area contributed by atoms with Crippen molar-refractivity contribution in [3.05, 3.63) is 48.1 Å². The Labute approximate surface area is 188 Å². The van der Waals surface area contributed by atoms with Crippen LogP contribution in [0.15, 0.2) is 46.1 Å². The molecule has 29 heavy (non-hydrogen) atoms. The molecular weight excluding hydrogens is 488 g/mol. The van der Waals surface area contributed by atoms with E-state index in [1.807, 2.05) is 13.1 Å². The first-order valence-electron chi connectivity index (χ1n) is 9.70. The lowest BCUT2D eigenvalue weighted by molar-refractivity contribution is 0.169. The van der Waals surface area contributed by atoms with Crippen molar-refractivity contribution in [3.63, 3.8) is 0 Å². The van der Waals surface area contributed by atoms with E-state index in [9.17, 15) is 4.39 Å². The molecule has 1 fully saturated rings. The third-order valence-corrected chi connectivity index (χ3v) is 4.70. The average molecular weight is 517 g/mol. The van der Waals surface area contributed by atoms with Gasteiger partial charge < -0.3 is 19.5 Å². The van der Waals surface area contributed by atoms with Gasteiger partial charge in [0.05, 0.1) is 12.3 Å². The molecule has 1 aliphatic rings. The SMILES string of the molecule is CN=C(NCCCCOc1ccc(F)cc1)N1CCN(Cc2ccon2)CC1.I.